The Morgan fingerprint density at radius 3 is 2.81 bits per heavy atom. The van der Waals surface area contributed by atoms with Gasteiger partial charge in [-0.1, -0.05) is 19.0 Å². The van der Waals surface area contributed by atoms with Crippen LogP contribution in [0.25, 0.3) is 0 Å². The van der Waals surface area contributed by atoms with Gasteiger partial charge in [-0.05, 0) is 92.3 Å². The number of aliphatic hydroxyl groups excluding tert-OH is 1. The largest absolute Gasteiger partial charge is 0.444 e. The number of nitrogens with zero attached hydrogens (tertiary/aromatic N) is 2. The van der Waals surface area contributed by atoms with Crippen LogP contribution in [0.15, 0.2) is 15.8 Å². The predicted octanol–water partition coefficient (Wildman–Crippen LogP) is 4.45. The first-order valence-electron chi connectivity index (χ1n) is 12.4. The predicted molar refractivity (Wildman–Crippen MR) is 119 cm³/mol. The second kappa shape index (κ2) is 8.18. The molecule has 0 aliphatic heterocycles. The molecule has 0 bridgehead atoms. The molecule has 4 saturated carbocycles. The molecule has 3 N–H and O–H groups in total. The minimum atomic E-state index is -0.0786. The molecule has 7 atom stereocenters. The minimum absolute atomic E-state index is 0.0786. The van der Waals surface area contributed by atoms with Crippen LogP contribution in [-0.2, 0) is 17.8 Å². The Kier molecular flexibility index (Phi) is 5.66. The summed E-state index contributed by atoms with van der Waals surface area (Å²) in [5.74, 6) is 4.46. The van der Waals surface area contributed by atoms with Crippen LogP contribution in [0.4, 0.5) is 0 Å². The maximum atomic E-state index is 10.7. The topological polar surface area (TPSA) is 93.9 Å². The van der Waals surface area contributed by atoms with Gasteiger partial charge >= 0.3 is 0 Å². The second-order valence-corrected chi connectivity index (χ2v) is 11.2. The molecule has 6 heteroatoms. The number of fused-ring (bicyclic) bond motifs is 5. The Morgan fingerprint density at radius 1 is 1.16 bits per heavy atom. The van der Waals surface area contributed by atoms with Crippen molar-refractivity contribution < 1.29 is 14.4 Å². The van der Waals surface area contributed by atoms with Gasteiger partial charge in [0.05, 0.1) is 24.6 Å². The van der Waals surface area contributed by atoms with Gasteiger partial charge in [0.25, 0.3) is 0 Å². The van der Waals surface area contributed by atoms with Gasteiger partial charge < -0.3 is 20.1 Å². The Hall–Kier alpha value is -1.40. The quantitative estimate of drug-likeness (QED) is 0.533. The summed E-state index contributed by atoms with van der Waals surface area (Å²) in [5.41, 5.74) is 7.37. The van der Waals surface area contributed by atoms with E-state index in [2.05, 4.69) is 24.0 Å². The molecule has 7 unspecified atom stereocenters. The van der Waals surface area contributed by atoms with E-state index in [1.807, 2.05) is 0 Å². The summed E-state index contributed by atoms with van der Waals surface area (Å²) < 4.78 is 5.52. The van der Waals surface area contributed by atoms with E-state index in [0.717, 1.165) is 48.7 Å². The van der Waals surface area contributed by atoms with E-state index in [-0.39, 0.29) is 11.5 Å². The zero-order chi connectivity index (χ0) is 21.6. The van der Waals surface area contributed by atoms with E-state index in [9.17, 15) is 5.11 Å². The summed E-state index contributed by atoms with van der Waals surface area (Å²) in [5, 5.41) is 15.2. The molecule has 1 heterocycles. The summed E-state index contributed by atoms with van der Waals surface area (Å²) in [6.07, 6.45) is 13.1. The maximum Gasteiger partial charge on any atom is 0.208 e. The van der Waals surface area contributed by atoms with Gasteiger partial charge in [-0.15, -0.1) is 0 Å². The lowest BCUT2D eigenvalue weighted by molar-refractivity contribution is -0.112. The molecule has 5 rings (SSSR count). The third-order valence-corrected chi connectivity index (χ3v) is 9.86. The van der Waals surface area contributed by atoms with Gasteiger partial charge in [-0.2, -0.15) is 0 Å². The molecule has 1 aromatic heterocycles. The van der Waals surface area contributed by atoms with Crippen LogP contribution < -0.4 is 5.73 Å². The van der Waals surface area contributed by atoms with Crippen molar-refractivity contribution >= 4 is 5.71 Å². The van der Waals surface area contributed by atoms with Gasteiger partial charge in [0.15, 0.2) is 0 Å². The van der Waals surface area contributed by atoms with Crippen LogP contribution in [0.2, 0.25) is 0 Å². The molecule has 0 radical (unpaired) electrons. The molecular formula is C25H39N3O3. The molecule has 0 spiro atoms. The van der Waals surface area contributed by atoms with E-state index < -0.39 is 0 Å². The molecule has 4 fully saturated rings. The van der Waals surface area contributed by atoms with E-state index in [0.29, 0.717) is 30.9 Å². The van der Waals surface area contributed by atoms with Gasteiger partial charge in [0.1, 0.15) is 12.4 Å². The highest BCUT2D eigenvalue weighted by atomic mass is 16.6. The molecule has 0 aromatic carbocycles. The van der Waals surface area contributed by atoms with Crippen molar-refractivity contribution in [2.24, 2.45) is 45.4 Å². The van der Waals surface area contributed by atoms with Gasteiger partial charge in [-0.3, -0.25) is 0 Å². The van der Waals surface area contributed by atoms with Crippen molar-refractivity contribution in [1.82, 2.24) is 4.98 Å². The summed E-state index contributed by atoms with van der Waals surface area (Å²) in [4.78, 5) is 9.78. The first-order valence-corrected chi connectivity index (χ1v) is 12.4. The number of nitrogens with two attached hydrogens (primary N) is 1. The van der Waals surface area contributed by atoms with E-state index in [1.165, 1.54) is 44.2 Å². The first-order chi connectivity index (χ1) is 14.9. The molecule has 172 valence electrons. The third-order valence-electron chi connectivity index (χ3n) is 9.86. The lowest BCUT2D eigenvalue weighted by Crippen LogP contribution is -2.54. The maximum absolute atomic E-state index is 10.7. The highest BCUT2D eigenvalue weighted by molar-refractivity contribution is 5.85. The number of oxime groups is 1. The molecule has 4 aliphatic rings. The van der Waals surface area contributed by atoms with Crippen LogP contribution in [0.1, 0.15) is 83.3 Å². The number of rotatable bonds is 5. The normalized spacial score (nSPS) is 43.4. The van der Waals surface area contributed by atoms with E-state index in [4.69, 9.17) is 15.0 Å². The van der Waals surface area contributed by atoms with Crippen molar-refractivity contribution in [1.29, 1.82) is 0 Å². The SMILES string of the molecule is CC12CCC3C(CCC4CC(=NOCCc5cnc(CN)o5)CCC43C)C1CCC2O. The van der Waals surface area contributed by atoms with Crippen LogP contribution in [0.3, 0.4) is 0 Å². The van der Waals surface area contributed by atoms with E-state index in [1.54, 1.807) is 6.20 Å². The average molecular weight is 430 g/mol. The average Bonchev–Trinajstić information content (AvgIpc) is 3.35. The van der Waals surface area contributed by atoms with Gasteiger partial charge in [0.2, 0.25) is 5.89 Å². The summed E-state index contributed by atoms with van der Waals surface area (Å²) in [6.45, 7) is 5.78. The fourth-order valence-corrected chi connectivity index (χ4v) is 7.96. The number of oxazole rings is 1. The summed E-state index contributed by atoms with van der Waals surface area (Å²) >= 11 is 0. The standard InChI is InChI=1S/C25H39N3O3/c1-24-10-7-17(28-30-12-9-18-15-27-23(14-26)31-18)13-16(24)3-4-19-20-5-6-22(29)25(20,2)11-8-21(19)24/h15-16,19-22,29H,3-14,26H2,1-2H3. The minimum Gasteiger partial charge on any atom is -0.444 e. The Morgan fingerprint density at radius 2 is 2.00 bits per heavy atom. The molecule has 0 amide bonds. The number of hydrogen-bond acceptors (Lipinski definition) is 6. The zero-order valence-corrected chi connectivity index (χ0v) is 19.2. The van der Waals surface area contributed by atoms with Crippen molar-refractivity contribution in [3.05, 3.63) is 17.8 Å². The van der Waals surface area contributed by atoms with Crippen molar-refractivity contribution in [3.63, 3.8) is 0 Å². The third kappa shape index (κ3) is 3.64. The van der Waals surface area contributed by atoms with Crippen molar-refractivity contribution in [2.75, 3.05) is 6.61 Å². The monoisotopic (exact) mass is 429 g/mol. The molecule has 31 heavy (non-hydrogen) atoms. The highest BCUT2D eigenvalue weighted by Crippen LogP contribution is 2.65. The Bertz CT molecular complexity index is 823. The lowest BCUT2D eigenvalue weighted by Gasteiger charge is -2.60. The van der Waals surface area contributed by atoms with Crippen molar-refractivity contribution in [3.8, 4) is 0 Å². The second-order valence-electron chi connectivity index (χ2n) is 11.2. The molecule has 1 aromatic rings. The summed E-state index contributed by atoms with van der Waals surface area (Å²) in [7, 11) is 0. The van der Waals surface area contributed by atoms with Crippen molar-refractivity contribution in [2.45, 2.75) is 90.7 Å². The van der Waals surface area contributed by atoms with Crippen LogP contribution in [0.5, 0.6) is 0 Å². The first kappa shape index (κ1) is 21.4. The molecule has 6 nitrogen and oxygen atoms in total. The molecular weight excluding hydrogens is 390 g/mol. The zero-order valence-electron chi connectivity index (χ0n) is 19.2. The fraction of sp³-hybridized carbons (Fsp3) is 0.840. The lowest BCUT2D eigenvalue weighted by atomic mass is 9.45. The number of hydrogen-bond donors (Lipinski definition) is 2. The molecule has 0 saturated heterocycles. The summed E-state index contributed by atoms with van der Waals surface area (Å²) in [6, 6.07) is 0. The van der Waals surface area contributed by atoms with Gasteiger partial charge in [0, 0.05) is 6.42 Å². The van der Waals surface area contributed by atoms with Crippen LogP contribution >= 0.6 is 0 Å². The fourth-order valence-electron chi connectivity index (χ4n) is 7.96. The Labute approximate surface area is 186 Å². The smallest absolute Gasteiger partial charge is 0.208 e. The number of aliphatic hydroxyl groups is 1. The Balaban J connectivity index is 1.19. The van der Waals surface area contributed by atoms with Crippen LogP contribution in [0, 0.1) is 34.5 Å². The molecule has 4 aliphatic carbocycles. The van der Waals surface area contributed by atoms with E-state index >= 15 is 0 Å². The highest BCUT2D eigenvalue weighted by Gasteiger charge is 2.59. The van der Waals surface area contributed by atoms with Gasteiger partial charge in [-0.25, -0.2) is 4.98 Å². The van der Waals surface area contributed by atoms with Crippen LogP contribution in [-0.4, -0.2) is 28.5 Å². The number of aromatic nitrogens is 1.